The zero-order chi connectivity index (χ0) is 23.1. The van der Waals surface area contributed by atoms with Gasteiger partial charge < -0.3 is 19.7 Å². The van der Waals surface area contributed by atoms with E-state index in [0.29, 0.717) is 17.1 Å². The van der Waals surface area contributed by atoms with E-state index in [9.17, 15) is 13.2 Å². The molecule has 0 spiro atoms. The largest absolute Gasteiger partial charge is 0.493 e. The predicted octanol–water partition coefficient (Wildman–Crippen LogP) is 2.74. The highest BCUT2D eigenvalue weighted by Crippen LogP contribution is 2.28. The van der Waals surface area contributed by atoms with Crippen molar-refractivity contribution in [3.63, 3.8) is 0 Å². The maximum absolute atomic E-state index is 13.1. The fourth-order valence-corrected chi connectivity index (χ4v) is 4.57. The number of benzene rings is 2. The third-order valence-corrected chi connectivity index (χ3v) is 7.21. The summed E-state index contributed by atoms with van der Waals surface area (Å²) in [5.74, 6) is 0.884. The van der Waals surface area contributed by atoms with Gasteiger partial charge in [-0.2, -0.15) is 0 Å². The predicted molar refractivity (Wildman–Crippen MR) is 124 cm³/mol. The van der Waals surface area contributed by atoms with Crippen LogP contribution in [-0.4, -0.2) is 66.1 Å². The Labute approximate surface area is 190 Å². The Morgan fingerprint density at radius 3 is 2.41 bits per heavy atom. The molecule has 0 aliphatic carbocycles. The monoisotopic (exact) mass is 461 g/mol. The van der Waals surface area contributed by atoms with Gasteiger partial charge in [0.05, 0.1) is 24.1 Å². The van der Waals surface area contributed by atoms with Crippen LogP contribution in [0.2, 0.25) is 0 Å². The third-order valence-electron chi connectivity index (χ3n) is 5.40. The van der Waals surface area contributed by atoms with E-state index in [1.807, 2.05) is 12.1 Å². The van der Waals surface area contributed by atoms with Gasteiger partial charge in [-0.1, -0.05) is 12.1 Å². The molecule has 1 aliphatic rings. The Kier molecular flexibility index (Phi) is 7.98. The highest BCUT2D eigenvalue weighted by molar-refractivity contribution is 7.89. The van der Waals surface area contributed by atoms with Crippen molar-refractivity contribution < 1.29 is 22.7 Å². The summed E-state index contributed by atoms with van der Waals surface area (Å²) < 4.78 is 37.4. The lowest BCUT2D eigenvalue weighted by atomic mass is 10.1. The van der Waals surface area contributed by atoms with Gasteiger partial charge in [0.2, 0.25) is 10.0 Å². The molecule has 1 heterocycles. The number of ether oxygens (including phenoxy) is 2. The van der Waals surface area contributed by atoms with Gasteiger partial charge in [-0.05, 0) is 49.6 Å². The van der Waals surface area contributed by atoms with Crippen LogP contribution in [-0.2, 0) is 10.0 Å². The molecule has 0 bridgehead atoms. The van der Waals surface area contributed by atoms with E-state index in [1.54, 1.807) is 31.4 Å². The van der Waals surface area contributed by atoms with Gasteiger partial charge in [-0.15, -0.1) is 0 Å². The molecule has 1 saturated heterocycles. The van der Waals surface area contributed by atoms with Crippen LogP contribution in [0.1, 0.15) is 29.6 Å². The minimum Gasteiger partial charge on any atom is -0.493 e. The first-order valence-corrected chi connectivity index (χ1v) is 12.1. The van der Waals surface area contributed by atoms with Crippen LogP contribution in [0, 0.1) is 0 Å². The van der Waals surface area contributed by atoms with Crippen LogP contribution in [0.5, 0.6) is 11.5 Å². The number of nitrogens with one attached hydrogen (secondary N) is 1. The molecule has 1 aliphatic heterocycles. The molecule has 2 aromatic rings. The molecular weight excluding hydrogens is 430 g/mol. The maximum Gasteiger partial charge on any atom is 0.253 e. The molecule has 174 valence electrons. The number of carbonyl (C=O) groups is 1. The van der Waals surface area contributed by atoms with Crippen molar-refractivity contribution in [2.45, 2.75) is 24.2 Å². The summed E-state index contributed by atoms with van der Waals surface area (Å²) in [5, 5.41) is 2.85. The quantitative estimate of drug-likeness (QED) is 0.578. The Balaban J connectivity index is 1.76. The van der Waals surface area contributed by atoms with Gasteiger partial charge in [-0.3, -0.25) is 4.79 Å². The standard InChI is InChI=1S/C23H31N3O5S/c1-25(2)32(28,29)18-11-12-20(26-14-7-4-8-15-26)19(17-18)23(27)24-13-16-31-22-10-6-5-9-21(22)30-3/h5-6,9-12,17H,4,7-8,13-16H2,1-3H3,(H,24,27). The van der Waals surface area contributed by atoms with Crippen molar-refractivity contribution in [3.8, 4) is 11.5 Å². The second-order valence-electron chi connectivity index (χ2n) is 7.77. The normalized spacial score (nSPS) is 14.3. The minimum absolute atomic E-state index is 0.0960. The molecule has 0 radical (unpaired) electrons. The average Bonchev–Trinajstić information content (AvgIpc) is 2.82. The highest BCUT2D eigenvalue weighted by atomic mass is 32.2. The lowest BCUT2D eigenvalue weighted by Gasteiger charge is -2.30. The number of rotatable bonds is 9. The number of amides is 1. The van der Waals surface area contributed by atoms with E-state index in [0.717, 1.165) is 42.3 Å². The number of anilines is 1. The first-order chi connectivity index (χ1) is 15.3. The topological polar surface area (TPSA) is 88.2 Å². The lowest BCUT2D eigenvalue weighted by Crippen LogP contribution is -2.34. The van der Waals surface area contributed by atoms with Crippen molar-refractivity contribution in [2.75, 3.05) is 52.3 Å². The van der Waals surface area contributed by atoms with E-state index >= 15 is 0 Å². The second-order valence-corrected chi connectivity index (χ2v) is 9.92. The lowest BCUT2D eigenvalue weighted by molar-refractivity contribution is 0.0947. The summed E-state index contributed by atoms with van der Waals surface area (Å²) in [4.78, 5) is 15.3. The fraction of sp³-hybridized carbons (Fsp3) is 0.435. The summed E-state index contributed by atoms with van der Waals surface area (Å²) in [6, 6.07) is 12.1. The zero-order valence-electron chi connectivity index (χ0n) is 18.8. The number of piperidine rings is 1. The van der Waals surface area contributed by atoms with E-state index in [1.165, 1.54) is 20.2 Å². The van der Waals surface area contributed by atoms with Crippen molar-refractivity contribution in [1.29, 1.82) is 0 Å². The number of hydrogen-bond acceptors (Lipinski definition) is 6. The molecule has 32 heavy (non-hydrogen) atoms. The number of nitrogens with zero attached hydrogens (tertiary/aromatic N) is 2. The maximum atomic E-state index is 13.1. The average molecular weight is 462 g/mol. The van der Waals surface area contributed by atoms with Crippen molar-refractivity contribution in [2.24, 2.45) is 0 Å². The Hall–Kier alpha value is -2.78. The number of hydrogen-bond donors (Lipinski definition) is 1. The van der Waals surface area contributed by atoms with E-state index in [-0.39, 0.29) is 24.0 Å². The van der Waals surface area contributed by atoms with Crippen molar-refractivity contribution >= 4 is 21.6 Å². The Morgan fingerprint density at radius 2 is 1.75 bits per heavy atom. The van der Waals surface area contributed by atoms with Gasteiger partial charge in [0.25, 0.3) is 5.91 Å². The molecule has 0 saturated carbocycles. The molecule has 3 rings (SSSR count). The SMILES string of the molecule is COc1ccccc1OCCNC(=O)c1cc(S(=O)(=O)N(C)C)ccc1N1CCCCC1. The molecule has 1 fully saturated rings. The van der Waals surface area contributed by atoms with Gasteiger partial charge in [0, 0.05) is 32.9 Å². The second kappa shape index (κ2) is 10.7. The smallest absolute Gasteiger partial charge is 0.253 e. The van der Waals surface area contributed by atoms with Crippen LogP contribution in [0.3, 0.4) is 0 Å². The molecule has 1 N–H and O–H groups in total. The van der Waals surface area contributed by atoms with Crippen molar-refractivity contribution in [3.05, 3.63) is 48.0 Å². The van der Waals surface area contributed by atoms with E-state index in [2.05, 4.69) is 10.2 Å². The molecule has 0 atom stereocenters. The fourth-order valence-electron chi connectivity index (χ4n) is 3.64. The summed E-state index contributed by atoms with van der Waals surface area (Å²) in [7, 11) is 0.867. The van der Waals surface area contributed by atoms with E-state index in [4.69, 9.17) is 9.47 Å². The first kappa shape index (κ1) is 23.9. The molecule has 8 nitrogen and oxygen atoms in total. The molecule has 2 aromatic carbocycles. The molecule has 0 unspecified atom stereocenters. The van der Waals surface area contributed by atoms with Crippen molar-refractivity contribution in [1.82, 2.24) is 9.62 Å². The van der Waals surface area contributed by atoms with Crippen LogP contribution < -0.4 is 19.7 Å². The summed E-state index contributed by atoms with van der Waals surface area (Å²) in [6.45, 7) is 2.20. The molecular formula is C23H31N3O5S. The van der Waals surface area contributed by atoms with Crippen LogP contribution >= 0.6 is 0 Å². The molecule has 0 aromatic heterocycles. The summed E-state index contributed by atoms with van der Waals surface area (Å²) >= 11 is 0. The zero-order valence-corrected chi connectivity index (χ0v) is 19.7. The summed E-state index contributed by atoms with van der Waals surface area (Å²) in [5.41, 5.74) is 1.11. The third kappa shape index (κ3) is 5.52. The van der Waals surface area contributed by atoms with Gasteiger partial charge in [0.15, 0.2) is 11.5 Å². The number of sulfonamides is 1. The number of para-hydroxylation sites is 2. The van der Waals surface area contributed by atoms with Gasteiger partial charge >= 0.3 is 0 Å². The first-order valence-electron chi connectivity index (χ1n) is 10.7. The number of methoxy groups -OCH3 is 1. The van der Waals surface area contributed by atoms with E-state index < -0.39 is 10.0 Å². The highest BCUT2D eigenvalue weighted by Gasteiger charge is 2.24. The van der Waals surface area contributed by atoms with Gasteiger partial charge in [-0.25, -0.2) is 12.7 Å². The van der Waals surface area contributed by atoms with Gasteiger partial charge in [0.1, 0.15) is 6.61 Å². The Bertz CT molecular complexity index is 1030. The minimum atomic E-state index is -3.65. The molecule has 1 amide bonds. The number of carbonyl (C=O) groups excluding carboxylic acids is 1. The van der Waals surface area contributed by atoms with Crippen LogP contribution in [0.15, 0.2) is 47.4 Å². The summed E-state index contributed by atoms with van der Waals surface area (Å²) in [6.07, 6.45) is 3.25. The van der Waals surface area contributed by atoms with Crippen LogP contribution in [0.25, 0.3) is 0 Å². The Morgan fingerprint density at radius 1 is 1.06 bits per heavy atom. The molecule has 9 heteroatoms. The van der Waals surface area contributed by atoms with Crippen LogP contribution in [0.4, 0.5) is 5.69 Å².